The summed E-state index contributed by atoms with van der Waals surface area (Å²) in [5.41, 5.74) is 7.60. The zero-order valence-electron chi connectivity index (χ0n) is 7.62. The van der Waals surface area contributed by atoms with Crippen molar-refractivity contribution in [1.29, 1.82) is 0 Å². The highest BCUT2D eigenvalue weighted by Gasteiger charge is 2.09. The maximum absolute atomic E-state index is 11.4. The molecule has 0 saturated carbocycles. The van der Waals surface area contributed by atoms with Crippen LogP contribution in [-0.2, 0) is 0 Å². The second kappa shape index (κ2) is 3.03. The highest BCUT2D eigenvalue weighted by molar-refractivity contribution is 6.33. The van der Waals surface area contributed by atoms with Crippen LogP contribution in [0, 0.1) is 12.1 Å². The van der Waals surface area contributed by atoms with Gasteiger partial charge in [-0.05, 0) is 18.6 Å². The summed E-state index contributed by atoms with van der Waals surface area (Å²) in [6, 6.07) is 5.06. The number of nitrogens with zero attached hydrogens (tertiary/aromatic N) is 1. The number of fused-ring (bicyclic) bond motifs is 1. The molecule has 0 spiro atoms. The minimum Gasteiger partial charge on any atom is -0.618 e. The molecule has 1 aromatic carbocycles. The standard InChI is InChI=1S/C10H9ClN2O/c1-6-2-3-13(14)10-5-9(12)8(11)4-7(6)10/h2-5H,12H2,1H3. The number of anilines is 1. The molecule has 14 heavy (non-hydrogen) atoms. The molecule has 3 nitrogen and oxygen atoms in total. The van der Waals surface area contributed by atoms with Gasteiger partial charge in [0.2, 0.25) is 5.52 Å². The van der Waals surface area contributed by atoms with Gasteiger partial charge < -0.3 is 10.9 Å². The van der Waals surface area contributed by atoms with E-state index in [1.165, 1.54) is 6.20 Å². The van der Waals surface area contributed by atoms with Crippen LogP contribution in [0.5, 0.6) is 0 Å². The van der Waals surface area contributed by atoms with Crippen LogP contribution in [0.3, 0.4) is 0 Å². The number of hydrogen-bond donors (Lipinski definition) is 1. The van der Waals surface area contributed by atoms with E-state index >= 15 is 0 Å². The van der Waals surface area contributed by atoms with Crippen molar-refractivity contribution in [2.45, 2.75) is 6.92 Å². The van der Waals surface area contributed by atoms with Gasteiger partial charge in [-0.15, -0.1) is 0 Å². The summed E-state index contributed by atoms with van der Waals surface area (Å²) < 4.78 is 0.787. The number of nitrogen functional groups attached to an aromatic ring is 1. The second-order valence-corrected chi connectivity index (χ2v) is 3.62. The van der Waals surface area contributed by atoms with Gasteiger partial charge in [0.05, 0.1) is 16.1 Å². The number of rotatable bonds is 0. The van der Waals surface area contributed by atoms with Gasteiger partial charge in [0.1, 0.15) is 0 Å². The Hall–Kier alpha value is -1.48. The number of pyridine rings is 1. The lowest BCUT2D eigenvalue weighted by Gasteiger charge is -2.05. The minimum absolute atomic E-state index is 0.425. The Kier molecular flexibility index (Phi) is 1.97. The second-order valence-electron chi connectivity index (χ2n) is 3.22. The third-order valence-electron chi connectivity index (χ3n) is 2.24. The van der Waals surface area contributed by atoms with E-state index in [-0.39, 0.29) is 0 Å². The normalized spacial score (nSPS) is 10.7. The van der Waals surface area contributed by atoms with Crippen LogP contribution in [0.15, 0.2) is 24.4 Å². The molecule has 72 valence electrons. The van der Waals surface area contributed by atoms with Crippen LogP contribution in [0.1, 0.15) is 5.56 Å². The van der Waals surface area contributed by atoms with Gasteiger partial charge in [0, 0.05) is 12.1 Å². The average molecular weight is 209 g/mol. The van der Waals surface area contributed by atoms with Gasteiger partial charge in [-0.2, -0.15) is 4.73 Å². The fourth-order valence-corrected chi connectivity index (χ4v) is 1.59. The highest BCUT2D eigenvalue weighted by Crippen LogP contribution is 2.25. The van der Waals surface area contributed by atoms with Crippen LogP contribution < -0.4 is 10.5 Å². The largest absolute Gasteiger partial charge is 0.618 e. The predicted molar refractivity (Wildman–Crippen MR) is 57.1 cm³/mol. The first-order chi connectivity index (χ1) is 6.59. The Balaban J connectivity index is 2.94. The molecule has 1 aromatic heterocycles. The van der Waals surface area contributed by atoms with Crippen molar-refractivity contribution in [3.8, 4) is 0 Å². The van der Waals surface area contributed by atoms with Crippen molar-refractivity contribution in [1.82, 2.24) is 0 Å². The Morgan fingerprint density at radius 2 is 2.14 bits per heavy atom. The molecule has 0 aliphatic carbocycles. The monoisotopic (exact) mass is 208 g/mol. The van der Waals surface area contributed by atoms with Gasteiger partial charge in [-0.25, -0.2) is 0 Å². The average Bonchev–Trinajstić information content (AvgIpc) is 2.15. The molecule has 0 bridgehead atoms. The number of benzene rings is 1. The highest BCUT2D eigenvalue weighted by atomic mass is 35.5. The van der Waals surface area contributed by atoms with E-state index in [0.29, 0.717) is 16.2 Å². The van der Waals surface area contributed by atoms with Gasteiger partial charge >= 0.3 is 0 Å². The molecule has 2 aromatic rings. The molecule has 1 heterocycles. The molecule has 0 aliphatic rings. The van der Waals surface area contributed by atoms with E-state index in [2.05, 4.69) is 0 Å². The molecule has 0 unspecified atom stereocenters. The van der Waals surface area contributed by atoms with E-state index < -0.39 is 0 Å². The fraction of sp³-hybridized carbons (Fsp3) is 0.100. The van der Waals surface area contributed by atoms with Crippen molar-refractivity contribution in [2.24, 2.45) is 0 Å². The van der Waals surface area contributed by atoms with Crippen molar-refractivity contribution in [3.05, 3.63) is 40.2 Å². The summed E-state index contributed by atoms with van der Waals surface area (Å²) in [6.45, 7) is 1.93. The summed E-state index contributed by atoms with van der Waals surface area (Å²) in [5, 5.41) is 12.7. The van der Waals surface area contributed by atoms with Crippen LogP contribution in [0.4, 0.5) is 5.69 Å². The van der Waals surface area contributed by atoms with Crippen LogP contribution in [0.2, 0.25) is 5.02 Å². The smallest absolute Gasteiger partial charge is 0.226 e. The molecule has 0 amide bonds. The molecule has 0 atom stereocenters. The van der Waals surface area contributed by atoms with Gasteiger partial charge in [0.15, 0.2) is 6.20 Å². The first-order valence-corrected chi connectivity index (χ1v) is 4.55. The summed E-state index contributed by atoms with van der Waals surface area (Å²) in [4.78, 5) is 0. The minimum atomic E-state index is 0.425. The van der Waals surface area contributed by atoms with E-state index in [4.69, 9.17) is 17.3 Å². The molecule has 0 saturated heterocycles. The van der Waals surface area contributed by atoms with Crippen molar-refractivity contribution < 1.29 is 4.73 Å². The summed E-state index contributed by atoms with van der Waals surface area (Å²) in [6.07, 6.45) is 1.46. The van der Waals surface area contributed by atoms with Crippen molar-refractivity contribution in [3.63, 3.8) is 0 Å². The Labute approximate surface area is 86.3 Å². The molecule has 0 fully saturated rings. The molecule has 0 radical (unpaired) electrons. The number of aryl methyl sites for hydroxylation is 1. The molecule has 0 aliphatic heterocycles. The Morgan fingerprint density at radius 3 is 2.86 bits per heavy atom. The van der Waals surface area contributed by atoms with Gasteiger partial charge in [0.25, 0.3) is 0 Å². The lowest BCUT2D eigenvalue weighted by molar-refractivity contribution is -0.577. The zero-order valence-corrected chi connectivity index (χ0v) is 8.38. The number of aromatic nitrogens is 1. The molecule has 2 N–H and O–H groups in total. The predicted octanol–water partition coefficient (Wildman–Crippen LogP) is 2.02. The molecular formula is C10H9ClN2O. The van der Waals surface area contributed by atoms with E-state index in [0.717, 1.165) is 15.7 Å². The first-order valence-electron chi connectivity index (χ1n) is 4.17. The number of halogens is 1. The third-order valence-corrected chi connectivity index (χ3v) is 2.56. The van der Waals surface area contributed by atoms with Crippen LogP contribution in [-0.4, -0.2) is 0 Å². The van der Waals surface area contributed by atoms with E-state index in [1.807, 2.05) is 6.92 Å². The summed E-state index contributed by atoms with van der Waals surface area (Å²) in [7, 11) is 0. The lowest BCUT2D eigenvalue weighted by Crippen LogP contribution is -2.26. The summed E-state index contributed by atoms with van der Waals surface area (Å²) >= 11 is 5.88. The first kappa shape index (κ1) is 9.09. The van der Waals surface area contributed by atoms with E-state index in [9.17, 15) is 5.21 Å². The van der Waals surface area contributed by atoms with Gasteiger partial charge in [-0.3, -0.25) is 0 Å². The zero-order chi connectivity index (χ0) is 10.3. The molecular weight excluding hydrogens is 200 g/mol. The molecule has 4 heteroatoms. The molecule has 2 rings (SSSR count). The topological polar surface area (TPSA) is 53.0 Å². The Bertz CT molecular complexity index is 464. The number of nitrogens with two attached hydrogens (primary N) is 1. The van der Waals surface area contributed by atoms with Gasteiger partial charge in [-0.1, -0.05) is 11.6 Å². The van der Waals surface area contributed by atoms with Crippen molar-refractivity contribution >= 4 is 28.2 Å². The third kappa shape index (κ3) is 1.26. The fourth-order valence-electron chi connectivity index (χ4n) is 1.43. The summed E-state index contributed by atoms with van der Waals surface area (Å²) in [5.74, 6) is 0. The Morgan fingerprint density at radius 1 is 1.43 bits per heavy atom. The lowest BCUT2D eigenvalue weighted by atomic mass is 10.1. The van der Waals surface area contributed by atoms with Crippen molar-refractivity contribution in [2.75, 3.05) is 5.73 Å². The quantitative estimate of drug-likeness (QED) is 0.409. The van der Waals surface area contributed by atoms with Crippen LogP contribution >= 0.6 is 11.6 Å². The van der Waals surface area contributed by atoms with E-state index in [1.54, 1.807) is 18.2 Å². The maximum Gasteiger partial charge on any atom is 0.226 e. The maximum atomic E-state index is 11.4. The SMILES string of the molecule is Cc1cc[n+]([O-])c2cc(N)c(Cl)cc12. The van der Waals surface area contributed by atoms with Crippen LogP contribution in [0.25, 0.3) is 10.9 Å². The number of hydrogen-bond acceptors (Lipinski definition) is 2.